The summed E-state index contributed by atoms with van der Waals surface area (Å²) in [5, 5.41) is 0.947. The Morgan fingerprint density at radius 2 is 2.00 bits per heavy atom. The Bertz CT molecular complexity index is 797. The van der Waals surface area contributed by atoms with Gasteiger partial charge in [0.15, 0.2) is 5.54 Å². The highest BCUT2D eigenvalue weighted by atomic mass is 16.6. The Hall–Kier alpha value is -2.43. The lowest BCUT2D eigenvalue weighted by Gasteiger charge is -2.25. The first-order valence-corrected chi connectivity index (χ1v) is 7.62. The zero-order valence-corrected chi connectivity index (χ0v) is 12.1. The molecule has 1 fully saturated rings. The molecular weight excluding hydrogens is 280 g/mol. The lowest BCUT2D eigenvalue weighted by Crippen LogP contribution is -2.35. The van der Waals surface area contributed by atoms with Crippen LogP contribution in [0.4, 0.5) is 0 Å². The molecule has 2 heterocycles. The highest BCUT2D eigenvalue weighted by Gasteiger charge is 2.47. The highest BCUT2D eigenvalue weighted by Crippen LogP contribution is 2.36. The van der Waals surface area contributed by atoms with E-state index in [9.17, 15) is 9.59 Å². The third-order valence-corrected chi connectivity index (χ3v) is 4.58. The molecule has 1 saturated carbocycles. The zero-order valence-electron chi connectivity index (χ0n) is 12.1. The highest BCUT2D eigenvalue weighted by molar-refractivity contribution is 6.45. The summed E-state index contributed by atoms with van der Waals surface area (Å²) in [6.45, 7) is 0. The van der Waals surface area contributed by atoms with Gasteiger partial charge in [-0.05, 0) is 37.1 Å². The van der Waals surface area contributed by atoms with Crippen molar-refractivity contribution in [2.24, 2.45) is 4.99 Å². The van der Waals surface area contributed by atoms with E-state index in [0.29, 0.717) is 18.4 Å². The number of nitrogens with one attached hydrogen (secondary N) is 1. The van der Waals surface area contributed by atoms with Gasteiger partial charge in [-0.25, -0.2) is 9.79 Å². The number of ketones is 1. The van der Waals surface area contributed by atoms with Gasteiger partial charge in [-0.15, -0.1) is 0 Å². The van der Waals surface area contributed by atoms with E-state index in [-0.39, 0.29) is 17.7 Å². The van der Waals surface area contributed by atoms with E-state index in [2.05, 4.69) is 9.98 Å². The van der Waals surface area contributed by atoms with Crippen molar-refractivity contribution in [3.8, 4) is 0 Å². The molecule has 1 aromatic carbocycles. The molecular formula is C17H16N2O3. The third-order valence-electron chi connectivity index (χ3n) is 4.58. The maximum atomic E-state index is 12.6. The number of Topliss-reactive ketones (excluding diaryl/α,β-unsaturated/α-hetero) is 1. The molecule has 1 aliphatic carbocycles. The van der Waals surface area contributed by atoms with Crippen LogP contribution in [0.1, 0.15) is 42.5 Å². The zero-order chi connectivity index (χ0) is 15.2. The molecule has 5 nitrogen and oxygen atoms in total. The number of benzene rings is 1. The van der Waals surface area contributed by atoms with E-state index < -0.39 is 5.54 Å². The lowest BCUT2D eigenvalue weighted by molar-refractivity contribution is -0.140. The third kappa shape index (κ3) is 1.96. The SMILES string of the molecule is O=C(C1=NC2(CCCCC2)C(=O)O1)c1ccc2[nH]ccc2c1. The number of hydrogen-bond donors (Lipinski definition) is 1. The van der Waals surface area contributed by atoms with Gasteiger partial charge >= 0.3 is 5.97 Å². The Labute approximate surface area is 127 Å². The van der Waals surface area contributed by atoms with E-state index in [1.807, 2.05) is 18.3 Å². The number of fused-ring (bicyclic) bond motifs is 1. The van der Waals surface area contributed by atoms with E-state index in [1.54, 1.807) is 12.1 Å². The average molecular weight is 296 g/mol. The van der Waals surface area contributed by atoms with E-state index in [4.69, 9.17) is 4.74 Å². The van der Waals surface area contributed by atoms with Gasteiger partial charge in [0.1, 0.15) is 0 Å². The fourth-order valence-electron chi connectivity index (χ4n) is 3.31. The van der Waals surface area contributed by atoms with Gasteiger partial charge in [0.2, 0.25) is 5.78 Å². The first-order valence-electron chi connectivity index (χ1n) is 7.62. The van der Waals surface area contributed by atoms with Crippen LogP contribution in [-0.2, 0) is 9.53 Å². The Kier molecular flexibility index (Phi) is 2.89. The molecule has 1 N–H and O–H groups in total. The van der Waals surface area contributed by atoms with Gasteiger partial charge in [-0.2, -0.15) is 0 Å². The van der Waals surface area contributed by atoms with E-state index in [0.717, 1.165) is 30.2 Å². The van der Waals surface area contributed by atoms with Crippen molar-refractivity contribution in [2.75, 3.05) is 0 Å². The summed E-state index contributed by atoms with van der Waals surface area (Å²) >= 11 is 0. The number of aromatic amines is 1. The van der Waals surface area contributed by atoms with Crippen LogP contribution in [0.2, 0.25) is 0 Å². The summed E-state index contributed by atoms with van der Waals surface area (Å²) in [4.78, 5) is 32.2. The first-order chi connectivity index (χ1) is 10.7. The number of aliphatic imine (C=N–C) groups is 1. The molecule has 1 aromatic heterocycles. The van der Waals surface area contributed by atoms with Crippen LogP contribution >= 0.6 is 0 Å². The second-order valence-corrected chi connectivity index (χ2v) is 6.01. The van der Waals surface area contributed by atoms with Crippen molar-refractivity contribution in [3.63, 3.8) is 0 Å². The Balaban J connectivity index is 1.67. The molecule has 1 spiro atoms. The van der Waals surface area contributed by atoms with Crippen LogP contribution in [0, 0.1) is 0 Å². The van der Waals surface area contributed by atoms with Crippen LogP contribution in [0.15, 0.2) is 35.5 Å². The number of aromatic nitrogens is 1. The van der Waals surface area contributed by atoms with Gasteiger partial charge in [0.05, 0.1) is 0 Å². The second-order valence-electron chi connectivity index (χ2n) is 6.01. The van der Waals surface area contributed by atoms with Crippen molar-refractivity contribution >= 4 is 28.6 Å². The summed E-state index contributed by atoms with van der Waals surface area (Å²) in [6, 6.07) is 7.26. The fraction of sp³-hybridized carbons (Fsp3) is 0.353. The summed E-state index contributed by atoms with van der Waals surface area (Å²) in [6.07, 6.45) is 6.20. The van der Waals surface area contributed by atoms with Gasteiger partial charge in [0.25, 0.3) is 5.90 Å². The molecule has 0 atom stereocenters. The molecule has 0 saturated heterocycles. The number of hydrogen-bond acceptors (Lipinski definition) is 4. The van der Waals surface area contributed by atoms with Gasteiger partial charge in [0, 0.05) is 22.7 Å². The molecule has 0 amide bonds. The van der Waals surface area contributed by atoms with Crippen molar-refractivity contribution < 1.29 is 14.3 Å². The van der Waals surface area contributed by atoms with Crippen LogP contribution in [0.5, 0.6) is 0 Å². The molecule has 0 radical (unpaired) electrons. The summed E-state index contributed by atoms with van der Waals surface area (Å²) < 4.78 is 5.22. The molecule has 2 aromatic rings. The second kappa shape index (κ2) is 4.80. The molecule has 4 rings (SSSR count). The summed E-state index contributed by atoms with van der Waals surface area (Å²) in [5.74, 6) is -0.737. The maximum absolute atomic E-state index is 12.6. The van der Waals surface area contributed by atoms with Crippen LogP contribution < -0.4 is 0 Å². The van der Waals surface area contributed by atoms with E-state index >= 15 is 0 Å². The molecule has 1 aliphatic heterocycles. The van der Waals surface area contributed by atoms with Crippen molar-refractivity contribution in [1.82, 2.24) is 4.98 Å². The molecule has 0 unspecified atom stereocenters. The largest absolute Gasteiger partial charge is 0.402 e. The van der Waals surface area contributed by atoms with Gasteiger partial charge in [-0.3, -0.25) is 4.79 Å². The number of esters is 1. The average Bonchev–Trinajstić information content (AvgIpc) is 3.12. The number of carbonyl (C=O) groups is 2. The predicted octanol–water partition coefficient (Wildman–Crippen LogP) is 3.01. The fourth-order valence-corrected chi connectivity index (χ4v) is 3.31. The summed E-state index contributed by atoms with van der Waals surface area (Å²) in [7, 11) is 0. The Morgan fingerprint density at radius 3 is 2.82 bits per heavy atom. The smallest absolute Gasteiger partial charge is 0.341 e. The molecule has 5 heteroatoms. The standard InChI is InChI=1S/C17H16N2O3/c20-14(12-4-5-13-11(10-12)6-9-18-13)15-19-17(16(21)22-15)7-2-1-3-8-17/h4-6,9-10,18H,1-3,7-8H2. The van der Waals surface area contributed by atoms with E-state index in [1.165, 1.54) is 0 Å². The van der Waals surface area contributed by atoms with Crippen LogP contribution in [0.25, 0.3) is 10.9 Å². The lowest BCUT2D eigenvalue weighted by atomic mass is 9.83. The van der Waals surface area contributed by atoms with Crippen molar-refractivity contribution in [2.45, 2.75) is 37.6 Å². The first kappa shape index (κ1) is 13.2. The van der Waals surface area contributed by atoms with Gasteiger partial charge in [-0.1, -0.05) is 19.3 Å². The quantitative estimate of drug-likeness (QED) is 0.684. The molecule has 2 aliphatic rings. The number of carbonyl (C=O) groups excluding carboxylic acids is 2. The number of rotatable bonds is 2. The minimum atomic E-state index is -0.804. The molecule has 112 valence electrons. The normalized spacial score (nSPS) is 20.2. The molecule has 22 heavy (non-hydrogen) atoms. The maximum Gasteiger partial charge on any atom is 0.341 e. The Morgan fingerprint density at radius 1 is 1.18 bits per heavy atom. The topological polar surface area (TPSA) is 71.5 Å². The summed E-state index contributed by atoms with van der Waals surface area (Å²) in [5.41, 5.74) is 0.652. The molecule has 0 bridgehead atoms. The van der Waals surface area contributed by atoms with Crippen LogP contribution in [-0.4, -0.2) is 28.2 Å². The monoisotopic (exact) mass is 296 g/mol. The predicted molar refractivity (Wildman–Crippen MR) is 82.0 cm³/mol. The minimum Gasteiger partial charge on any atom is -0.402 e. The number of cyclic esters (lactones) is 1. The van der Waals surface area contributed by atoms with Crippen LogP contribution in [0.3, 0.4) is 0 Å². The number of ether oxygens (including phenoxy) is 1. The van der Waals surface area contributed by atoms with Gasteiger partial charge < -0.3 is 9.72 Å². The van der Waals surface area contributed by atoms with Crippen molar-refractivity contribution in [3.05, 3.63) is 36.0 Å². The minimum absolute atomic E-state index is 0.0539. The number of H-pyrrole nitrogens is 1. The van der Waals surface area contributed by atoms with Crippen molar-refractivity contribution in [1.29, 1.82) is 0 Å². The number of nitrogens with zero attached hydrogens (tertiary/aromatic N) is 1.